The normalized spacial score (nSPS) is 11.5. The SMILES string of the molecule is c1ccc(N(c2ccccc2)c2ccc3cc(-c4cc5c(ccc6ccc7cc(-c8ccc9cc(N(c%10ccccc%10)c%10ccccc%10)ccc9c8)oc7c65)o4)ccc3c2)cc1. The van der Waals surface area contributed by atoms with Crippen molar-refractivity contribution in [2.75, 3.05) is 9.80 Å². The molecule has 0 fully saturated rings. The van der Waals surface area contributed by atoms with E-state index >= 15 is 0 Å². The Morgan fingerprint density at radius 3 is 1.18 bits per heavy atom. The molecule has 4 heteroatoms. The second-order valence-electron chi connectivity index (χ2n) is 15.8. The van der Waals surface area contributed by atoms with Gasteiger partial charge in [-0.05, 0) is 130 Å². The molecule has 0 unspecified atom stereocenters. The van der Waals surface area contributed by atoms with Gasteiger partial charge in [-0.1, -0.05) is 127 Å². The lowest BCUT2D eigenvalue weighted by Gasteiger charge is -2.25. The van der Waals surface area contributed by atoms with E-state index in [-0.39, 0.29) is 0 Å². The lowest BCUT2D eigenvalue weighted by atomic mass is 10.0. The van der Waals surface area contributed by atoms with Gasteiger partial charge in [0.15, 0.2) is 0 Å². The highest BCUT2D eigenvalue weighted by Gasteiger charge is 2.18. The average Bonchev–Trinajstić information content (AvgIpc) is 3.98. The van der Waals surface area contributed by atoms with Crippen LogP contribution >= 0.6 is 0 Å². The van der Waals surface area contributed by atoms with Crippen LogP contribution in [-0.4, -0.2) is 0 Å². The molecule has 0 aliphatic carbocycles. The number of rotatable bonds is 8. The van der Waals surface area contributed by atoms with E-state index in [1.165, 1.54) is 0 Å². The second-order valence-corrected chi connectivity index (χ2v) is 15.8. The van der Waals surface area contributed by atoms with Gasteiger partial charge in [0.05, 0.1) is 0 Å². The predicted molar refractivity (Wildman–Crippen MR) is 259 cm³/mol. The summed E-state index contributed by atoms with van der Waals surface area (Å²) < 4.78 is 13.4. The fraction of sp³-hybridized carbons (Fsp3) is 0. The number of furan rings is 2. The van der Waals surface area contributed by atoms with Gasteiger partial charge in [0.1, 0.15) is 22.7 Å². The van der Waals surface area contributed by atoms with Crippen molar-refractivity contribution in [1.29, 1.82) is 0 Å². The minimum atomic E-state index is 0.824. The largest absolute Gasteiger partial charge is 0.456 e. The molecule has 0 saturated carbocycles. The number of nitrogens with zero attached hydrogens (tertiary/aromatic N) is 2. The number of fused-ring (bicyclic) bond motifs is 7. The Morgan fingerprint density at radius 2 is 0.677 bits per heavy atom. The summed E-state index contributed by atoms with van der Waals surface area (Å²) in [5, 5.41) is 8.87. The van der Waals surface area contributed by atoms with Crippen LogP contribution in [0.15, 0.2) is 239 Å². The number of anilines is 6. The molecule has 62 heavy (non-hydrogen) atoms. The van der Waals surface area contributed by atoms with Gasteiger partial charge in [0.25, 0.3) is 0 Å². The fourth-order valence-corrected chi connectivity index (χ4v) is 8.96. The van der Waals surface area contributed by atoms with Crippen molar-refractivity contribution in [3.63, 3.8) is 0 Å². The molecule has 2 heterocycles. The van der Waals surface area contributed by atoms with Gasteiger partial charge >= 0.3 is 0 Å². The predicted octanol–water partition coefficient (Wildman–Crippen LogP) is 16.9. The molecule has 10 aromatic carbocycles. The van der Waals surface area contributed by atoms with Crippen LogP contribution in [0.1, 0.15) is 0 Å². The molecule has 0 bridgehead atoms. The molecule has 0 N–H and O–H groups in total. The number of hydrogen-bond donors (Lipinski definition) is 0. The minimum absolute atomic E-state index is 0.824. The molecule has 0 atom stereocenters. The number of hydrogen-bond acceptors (Lipinski definition) is 4. The van der Waals surface area contributed by atoms with Crippen LogP contribution in [0.2, 0.25) is 0 Å². The molecule has 12 rings (SSSR count). The van der Waals surface area contributed by atoms with Crippen molar-refractivity contribution >= 4 is 88.4 Å². The third-order valence-electron chi connectivity index (χ3n) is 12.0. The molecule has 0 spiro atoms. The Kier molecular flexibility index (Phi) is 8.46. The van der Waals surface area contributed by atoms with Gasteiger partial charge in [-0.25, -0.2) is 0 Å². The van der Waals surface area contributed by atoms with Gasteiger partial charge < -0.3 is 18.6 Å². The summed E-state index contributed by atoms with van der Waals surface area (Å²) in [6.45, 7) is 0. The topological polar surface area (TPSA) is 32.8 Å². The minimum Gasteiger partial charge on any atom is -0.456 e. The molecule has 4 nitrogen and oxygen atoms in total. The third kappa shape index (κ3) is 6.25. The van der Waals surface area contributed by atoms with Gasteiger partial charge in [0.2, 0.25) is 0 Å². The van der Waals surface area contributed by atoms with Crippen LogP contribution in [0.5, 0.6) is 0 Å². The summed E-state index contributed by atoms with van der Waals surface area (Å²) in [7, 11) is 0. The van der Waals surface area contributed by atoms with E-state index in [1.54, 1.807) is 0 Å². The summed E-state index contributed by atoms with van der Waals surface area (Å²) in [5.74, 6) is 1.66. The Balaban J connectivity index is 0.888. The van der Waals surface area contributed by atoms with E-state index in [0.717, 1.165) is 111 Å². The van der Waals surface area contributed by atoms with Crippen molar-refractivity contribution < 1.29 is 8.83 Å². The van der Waals surface area contributed by atoms with Gasteiger partial charge in [-0.3, -0.25) is 0 Å². The zero-order chi connectivity index (χ0) is 41.0. The Bertz CT molecular complexity index is 3260. The number of para-hydroxylation sites is 4. The van der Waals surface area contributed by atoms with Crippen molar-refractivity contribution in [1.82, 2.24) is 0 Å². The van der Waals surface area contributed by atoms with E-state index < -0.39 is 0 Å². The summed E-state index contributed by atoms with van der Waals surface area (Å²) >= 11 is 0. The molecule has 0 radical (unpaired) electrons. The zero-order valence-corrected chi connectivity index (χ0v) is 33.7. The van der Waals surface area contributed by atoms with Crippen LogP contribution in [0.3, 0.4) is 0 Å². The first-order chi connectivity index (χ1) is 30.7. The van der Waals surface area contributed by atoms with E-state index in [2.05, 4.69) is 240 Å². The first kappa shape index (κ1) is 35.6. The van der Waals surface area contributed by atoms with Gasteiger partial charge in [0, 0.05) is 61.4 Å². The van der Waals surface area contributed by atoms with Crippen molar-refractivity contribution in [3.8, 4) is 22.6 Å². The monoisotopic (exact) mass is 794 g/mol. The molecule has 0 saturated heterocycles. The molecule has 0 aliphatic rings. The summed E-state index contributed by atoms with van der Waals surface area (Å²) in [5.41, 5.74) is 10.4. The van der Waals surface area contributed by atoms with E-state index in [9.17, 15) is 0 Å². The smallest absolute Gasteiger partial charge is 0.143 e. The maximum Gasteiger partial charge on any atom is 0.143 e. The van der Waals surface area contributed by atoms with Crippen molar-refractivity contribution in [2.45, 2.75) is 0 Å². The van der Waals surface area contributed by atoms with Crippen LogP contribution in [-0.2, 0) is 0 Å². The maximum absolute atomic E-state index is 6.82. The van der Waals surface area contributed by atoms with Crippen molar-refractivity contribution in [2.24, 2.45) is 0 Å². The van der Waals surface area contributed by atoms with Crippen LogP contribution in [0.4, 0.5) is 34.1 Å². The average molecular weight is 795 g/mol. The summed E-state index contributed by atoms with van der Waals surface area (Å²) in [6, 6.07) is 81.4. The first-order valence-electron chi connectivity index (χ1n) is 21.0. The van der Waals surface area contributed by atoms with E-state index in [1.807, 2.05) is 0 Å². The Labute approximate surface area is 358 Å². The quantitative estimate of drug-likeness (QED) is 0.153. The highest BCUT2D eigenvalue weighted by Crippen LogP contribution is 2.42. The fourth-order valence-electron chi connectivity index (χ4n) is 8.96. The summed E-state index contributed by atoms with van der Waals surface area (Å²) in [4.78, 5) is 4.59. The van der Waals surface area contributed by atoms with E-state index in [4.69, 9.17) is 8.83 Å². The van der Waals surface area contributed by atoms with Crippen LogP contribution < -0.4 is 9.80 Å². The highest BCUT2D eigenvalue weighted by atomic mass is 16.3. The third-order valence-corrected chi connectivity index (χ3v) is 12.0. The molecule has 0 amide bonds. The lowest BCUT2D eigenvalue weighted by Crippen LogP contribution is -2.09. The zero-order valence-electron chi connectivity index (χ0n) is 33.7. The molecule has 2 aromatic heterocycles. The highest BCUT2D eigenvalue weighted by molar-refractivity contribution is 6.18. The van der Waals surface area contributed by atoms with Gasteiger partial charge in [-0.15, -0.1) is 0 Å². The van der Waals surface area contributed by atoms with E-state index in [0.29, 0.717) is 0 Å². The lowest BCUT2D eigenvalue weighted by molar-refractivity contribution is 0.631. The second kappa shape index (κ2) is 14.7. The molecular formula is C58H38N2O2. The summed E-state index contributed by atoms with van der Waals surface area (Å²) in [6.07, 6.45) is 0. The Hall–Kier alpha value is -8.34. The Morgan fingerprint density at radius 1 is 0.274 bits per heavy atom. The van der Waals surface area contributed by atoms with Crippen LogP contribution in [0, 0.1) is 0 Å². The molecule has 12 aromatic rings. The molecule has 292 valence electrons. The van der Waals surface area contributed by atoms with Crippen LogP contribution in [0.25, 0.3) is 76.9 Å². The number of benzene rings is 10. The molecule has 0 aliphatic heterocycles. The first-order valence-corrected chi connectivity index (χ1v) is 21.0. The van der Waals surface area contributed by atoms with Gasteiger partial charge in [-0.2, -0.15) is 0 Å². The molecular weight excluding hydrogens is 757 g/mol. The standard InChI is InChI=1S/C58H38N2O2/c1-5-13-47(14-6-1)59(48-15-7-2-8-16-48)51-30-27-40-33-44(24-22-42(40)35-51)55-37-46-26-21-39-29-32-54-53(57(39)58(46)62-55)38-56(61-54)45-25-23-43-36-52(31-28-41(43)34-45)60(49-17-9-3-10-18-49)50-19-11-4-12-20-50/h1-38H. The van der Waals surface area contributed by atoms with Crippen molar-refractivity contribution in [3.05, 3.63) is 231 Å². The maximum atomic E-state index is 6.82.